The first kappa shape index (κ1) is 21.7. The Labute approximate surface area is 185 Å². The lowest BCUT2D eigenvalue weighted by Crippen LogP contribution is -2.48. The van der Waals surface area contributed by atoms with Gasteiger partial charge in [-0.15, -0.1) is 0 Å². The number of hydrogen-bond donors (Lipinski definition) is 2. The zero-order chi connectivity index (χ0) is 21.5. The molecule has 31 heavy (non-hydrogen) atoms. The van der Waals surface area contributed by atoms with E-state index in [0.29, 0.717) is 0 Å². The molecule has 0 radical (unpaired) electrons. The average molecular weight is 423 g/mol. The van der Waals surface area contributed by atoms with Crippen molar-refractivity contribution in [1.29, 1.82) is 0 Å². The van der Waals surface area contributed by atoms with E-state index in [-0.39, 0.29) is 11.9 Å². The molecule has 1 saturated heterocycles. The van der Waals surface area contributed by atoms with Gasteiger partial charge >= 0.3 is 0 Å². The summed E-state index contributed by atoms with van der Waals surface area (Å²) in [6.45, 7) is 6.78. The standard InChI is InChI=1S/C25H34N4O2/c1-31-24-11-5-4-10-23(24)29-16-14-28(15-17-29)13-7-6-12-26-25(30)22-18-20-8-2-3-9-21(20)19-27-22/h2-5,8-11,22,27H,6-7,12-19H2,1H3,(H,26,30)/t22-/m0/s1. The number of rotatable bonds is 8. The van der Waals surface area contributed by atoms with Crippen LogP contribution in [0, 0.1) is 0 Å². The van der Waals surface area contributed by atoms with Gasteiger partial charge in [-0.05, 0) is 49.1 Å². The molecule has 2 aliphatic rings. The summed E-state index contributed by atoms with van der Waals surface area (Å²) in [5.41, 5.74) is 3.78. The van der Waals surface area contributed by atoms with E-state index in [0.717, 1.165) is 70.8 Å². The number of ether oxygens (including phenoxy) is 1. The third kappa shape index (κ3) is 5.57. The molecule has 0 aliphatic carbocycles. The van der Waals surface area contributed by atoms with Crippen LogP contribution in [0.5, 0.6) is 5.75 Å². The van der Waals surface area contributed by atoms with Crippen LogP contribution >= 0.6 is 0 Å². The highest BCUT2D eigenvalue weighted by atomic mass is 16.5. The molecule has 0 bridgehead atoms. The molecule has 4 rings (SSSR count). The molecule has 6 heteroatoms. The monoisotopic (exact) mass is 422 g/mol. The van der Waals surface area contributed by atoms with Crippen molar-refractivity contribution in [2.24, 2.45) is 0 Å². The average Bonchev–Trinajstić information content (AvgIpc) is 2.83. The Kier molecular flexibility index (Phi) is 7.43. The van der Waals surface area contributed by atoms with Gasteiger partial charge < -0.3 is 20.3 Å². The molecule has 2 heterocycles. The van der Waals surface area contributed by atoms with Crippen molar-refractivity contribution in [3.63, 3.8) is 0 Å². The lowest BCUT2D eigenvalue weighted by atomic mass is 9.95. The molecule has 0 saturated carbocycles. The van der Waals surface area contributed by atoms with Gasteiger partial charge in [-0.25, -0.2) is 0 Å². The van der Waals surface area contributed by atoms with Crippen molar-refractivity contribution < 1.29 is 9.53 Å². The zero-order valence-corrected chi connectivity index (χ0v) is 18.5. The summed E-state index contributed by atoms with van der Waals surface area (Å²) in [6, 6.07) is 16.5. The highest BCUT2D eigenvalue weighted by molar-refractivity contribution is 5.82. The Morgan fingerprint density at radius 1 is 1.03 bits per heavy atom. The number of benzene rings is 2. The Hall–Kier alpha value is -2.57. The molecule has 2 N–H and O–H groups in total. The fourth-order valence-corrected chi connectivity index (χ4v) is 4.54. The van der Waals surface area contributed by atoms with E-state index in [4.69, 9.17) is 4.74 Å². The number of amides is 1. The predicted molar refractivity (Wildman–Crippen MR) is 125 cm³/mol. The topological polar surface area (TPSA) is 56.8 Å². The van der Waals surface area contributed by atoms with Crippen molar-refractivity contribution in [2.45, 2.75) is 31.8 Å². The first-order valence-corrected chi connectivity index (χ1v) is 11.4. The van der Waals surface area contributed by atoms with Crippen molar-refractivity contribution in [2.75, 3.05) is 51.3 Å². The van der Waals surface area contributed by atoms with Crippen molar-refractivity contribution in [1.82, 2.24) is 15.5 Å². The Balaban J connectivity index is 1.11. The number of methoxy groups -OCH3 is 1. The van der Waals surface area contributed by atoms with Gasteiger partial charge in [-0.3, -0.25) is 9.69 Å². The van der Waals surface area contributed by atoms with E-state index in [1.54, 1.807) is 7.11 Å². The normalized spacial score (nSPS) is 19.0. The van der Waals surface area contributed by atoms with Crippen LogP contribution in [0.1, 0.15) is 24.0 Å². The van der Waals surface area contributed by atoms with Crippen LogP contribution < -0.4 is 20.3 Å². The largest absolute Gasteiger partial charge is 0.495 e. The molecule has 2 aliphatic heterocycles. The molecule has 2 aromatic carbocycles. The maximum atomic E-state index is 12.5. The molecule has 0 spiro atoms. The molecule has 1 fully saturated rings. The zero-order valence-electron chi connectivity index (χ0n) is 18.5. The number of hydrogen-bond acceptors (Lipinski definition) is 5. The lowest BCUT2D eigenvalue weighted by molar-refractivity contribution is -0.123. The maximum absolute atomic E-state index is 12.5. The SMILES string of the molecule is COc1ccccc1N1CCN(CCCCNC(=O)[C@@H]2Cc3ccccc3CN2)CC1. The number of anilines is 1. The molecule has 2 aromatic rings. The summed E-state index contributed by atoms with van der Waals surface area (Å²) < 4.78 is 5.50. The molecule has 166 valence electrons. The van der Waals surface area contributed by atoms with E-state index in [9.17, 15) is 4.79 Å². The van der Waals surface area contributed by atoms with Gasteiger partial charge in [-0.1, -0.05) is 36.4 Å². The Bertz CT molecular complexity index is 864. The quantitative estimate of drug-likeness (QED) is 0.640. The third-order valence-electron chi connectivity index (χ3n) is 6.40. The number of piperazine rings is 1. The fraction of sp³-hybridized carbons (Fsp3) is 0.480. The minimum absolute atomic E-state index is 0.113. The third-order valence-corrected chi connectivity index (χ3v) is 6.40. The highest BCUT2D eigenvalue weighted by Gasteiger charge is 2.23. The number of nitrogens with zero attached hydrogens (tertiary/aromatic N) is 2. The molecule has 6 nitrogen and oxygen atoms in total. The summed E-state index contributed by atoms with van der Waals surface area (Å²) in [5.74, 6) is 1.07. The van der Waals surface area contributed by atoms with E-state index < -0.39 is 0 Å². The number of nitrogens with one attached hydrogen (secondary N) is 2. The summed E-state index contributed by atoms with van der Waals surface area (Å²) in [6.07, 6.45) is 2.90. The molecule has 1 atom stereocenters. The van der Waals surface area contributed by atoms with Gasteiger partial charge in [0.1, 0.15) is 5.75 Å². The van der Waals surface area contributed by atoms with Gasteiger partial charge in [0, 0.05) is 39.3 Å². The Morgan fingerprint density at radius 3 is 2.58 bits per heavy atom. The highest BCUT2D eigenvalue weighted by Crippen LogP contribution is 2.28. The predicted octanol–water partition coefficient (Wildman–Crippen LogP) is 2.43. The Morgan fingerprint density at radius 2 is 1.77 bits per heavy atom. The van der Waals surface area contributed by atoms with E-state index in [1.165, 1.54) is 16.8 Å². The smallest absolute Gasteiger partial charge is 0.237 e. The van der Waals surface area contributed by atoms with Crippen molar-refractivity contribution >= 4 is 11.6 Å². The molecule has 1 amide bonds. The second kappa shape index (κ2) is 10.6. The second-order valence-electron chi connectivity index (χ2n) is 8.40. The molecule has 0 aromatic heterocycles. The van der Waals surface area contributed by atoms with E-state index >= 15 is 0 Å². The van der Waals surface area contributed by atoms with Crippen LogP contribution in [0.2, 0.25) is 0 Å². The van der Waals surface area contributed by atoms with Crippen LogP contribution in [0.25, 0.3) is 0 Å². The summed E-state index contributed by atoms with van der Waals surface area (Å²) in [5, 5.41) is 6.48. The van der Waals surface area contributed by atoms with Gasteiger partial charge in [0.25, 0.3) is 0 Å². The van der Waals surface area contributed by atoms with Crippen LogP contribution in [-0.4, -0.2) is 63.2 Å². The second-order valence-corrected chi connectivity index (χ2v) is 8.40. The van der Waals surface area contributed by atoms with Crippen molar-refractivity contribution in [3.05, 3.63) is 59.7 Å². The minimum atomic E-state index is -0.113. The van der Waals surface area contributed by atoms with Crippen LogP contribution in [0.15, 0.2) is 48.5 Å². The van der Waals surface area contributed by atoms with E-state index in [2.05, 4.69) is 56.8 Å². The van der Waals surface area contributed by atoms with E-state index in [1.807, 2.05) is 12.1 Å². The van der Waals surface area contributed by atoms with Crippen LogP contribution in [0.4, 0.5) is 5.69 Å². The van der Waals surface area contributed by atoms with Gasteiger partial charge in [0.15, 0.2) is 0 Å². The van der Waals surface area contributed by atoms with Crippen molar-refractivity contribution in [3.8, 4) is 5.75 Å². The number of fused-ring (bicyclic) bond motifs is 1. The van der Waals surface area contributed by atoms with Crippen LogP contribution in [-0.2, 0) is 17.8 Å². The van der Waals surface area contributed by atoms with Gasteiger partial charge in [-0.2, -0.15) is 0 Å². The number of unbranched alkanes of at least 4 members (excludes halogenated alkanes) is 1. The summed E-state index contributed by atoms with van der Waals surface area (Å²) in [7, 11) is 1.73. The molecular weight excluding hydrogens is 388 g/mol. The van der Waals surface area contributed by atoms with Gasteiger partial charge in [0.05, 0.1) is 18.8 Å². The molecular formula is C25H34N4O2. The maximum Gasteiger partial charge on any atom is 0.237 e. The summed E-state index contributed by atoms with van der Waals surface area (Å²) in [4.78, 5) is 17.4. The first-order valence-electron chi connectivity index (χ1n) is 11.4. The van der Waals surface area contributed by atoms with Gasteiger partial charge in [0.2, 0.25) is 5.91 Å². The molecule has 0 unspecified atom stereocenters. The summed E-state index contributed by atoms with van der Waals surface area (Å²) >= 11 is 0. The number of para-hydroxylation sites is 2. The fourth-order valence-electron chi connectivity index (χ4n) is 4.54. The lowest BCUT2D eigenvalue weighted by Gasteiger charge is -2.36. The minimum Gasteiger partial charge on any atom is -0.495 e. The first-order chi connectivity index (χ1) is 15.2. The number of carbonyl (C=O) groups is 1. The van der Waals surface area contributed by atoms with Crippen LogP contribution in [0.3, 0.4) is 0 Å². The number of carbonyl (C=O) groups excluding carboxylic acids is 1.